The van der Waals surface area contributed by atoms with Crippen molar-refractivity contribution in [2.75, 3.05) is 46.1 Å². The van der Waals surface area contributed by atoms with E-state index in [1.807, 2.05) is 84.9 Å². The van der Waals surface area contributed by atoms with E-state index in [-0.39, 0.29) is 63.3 Å². The second-order valence-corrected chi connectivity index (χ2v) is 21.2. The topological polar surface area (TPSA) is 238 Å². The van der Waals surface area contributed by atoms with Crippen molar-refractivity contribution in [3.05, 3.63) is 177 Å². The molecule has 0 spiro atoms. The minimum atomic E-state index is -1.71. The van der Waals surface area contributed by atoms with Crippen molar-refractivity contribution in [2.45, 2.75) is 108 Å². The maximum atomic E-state index is 13.4. The molecule has 2 N–H and O–H groups in total. The van der Waals surface area contributed by atoms with Crippen molar-refractivity contribution in [1.29, 1.82) is 5.26 Å². The number of hydrogen-bond acceptors (Lipinski definition) is 17. The first-order valence-electron chi connectivity index (χ1n) is 26.4. The summed E-state index contributed by atoms with van der Waals surface area (Å²) in [6.07, 6.45) is 0.805. The van der Waals surface area contributed by atoms with Gasteiger partial charge in [0.1, 0.15) is 54.9 Å². The largest absolute Gasteiger partial charge is 0.497 e. The predicted octanol–water partition coefficient (Wildman–Crippen LogP) is 8.56. The number of aromatic amines is 1. The van der Waals surface area contributed by atoms with E-state index in [1.54, 1.807) is 56.3 Å². The zero-order valence-electron chi connectivity index (χ0n) is 45.7. The van der Waals surface area contributed by atoms with Crippen LogP contribution in [0.4, 0.5) is 5.82 Å². The van der Waals surface area contributed by atoms with Gasteiger partial charge < -0.3 is 47.5 Å². The SMILES string of the molecule is COc1ccc(C(OC[C@H]2O[C@@H](n3cc(C)c(=O)[nH]c3=O)C[C@@H]2OCOC[C@H]2O[C@@H](n3cnc4c(NC(=O)c5ccccc5)ncnc43)C[C@@H]2OP(OCCC#N)N(C(C)C)C(C)C)(c2ccccc2)c2ccc(OC)cc2)cc1. The van der Waals surface area contributed by atoms with Crippen LogP contribution in [0.1, 0.15) is 92.0 Å². The second-order valence-electron chi connectivity index (χ2n) is 19.8. The normalized spacial score (nSPS) is 19.7. The van der Waals surface area contributed by atoms with Crippen LogP contribution in [-0.2, 0) is 38.3 Å². The molecule has 21 nitrogen and oxygen atoms in total. The van der Waals surface area contributed by atoms with Crippen LogP contribution in [0.3, 0.4) is 0 Å². The predicted molar refractivity (Wildman–Crippen MR) is 297 cm³/mol. The van der Waals surface area contributed by atoms with Crippen LogP contribution < -0.4 is 26.0 Å². The number of aryl methyl sites for hydroxylation is 1. The van der Waals surface area contributed by atoms with E-state index in [4.69, 9.17) is 42.2 Å². The number of H-pyrrole nitrogens is 1. The molecule has 0 saturated carbocycles. The maximum Gasteiger partial charge on any atom is 0.330 e. The molecule has 2 saturated heterocycles. The molecule has 80 heavy (non-hydrogen) atoms. The Morgan fingerprint density at radius 2 is 1.41 bits per heavy atom. The Hall–Kier alpha value is -7.22. The third-order valence-electron chi connectivity index (χ3n) is 13.9. The lowest BCUT2D eigenvalue weighted by Gasteiger charge is -2.37. The Morgan fingerprint density at radius 1 is 0.812 bits per heavy atom. The summed E-state index contributed by atoms with van der Waals surface area (Å²) >= 11 is 0. The molecule has 2 fully saturated rings. The Labute approximate surface area is 464 Å². The highest BCUT2D eigenvalue weighted by Crippen LogP contribution is 2.50. The molecule has 3 aromatic heterocycles. The van der Waals surface area contributed by atoms with E-state index in [0.717, 1.165) is 16.7 Å². The van der Waals surface area contributed by atoms with Gasteiger partial charge in [-0.15, -0.1) is 0 Å². The number of benzene rings is 4. The first-order valence-corrected chi connectivity index (χ1v) is 27.5. The lowest BCUT2D eigenvalue weighted by atomic mass is 9.80. The van der Waals surface area contributed by atoms with E-state index in [2.05, 4.69) is 63.7 Å². The summed E-state index contributed by atoms with van der Waals surface area (Å²) in [6.45, 7) is 9.76. The van der Waals surface area contributed by atoms with Gasteiger partial charge in [-0.05, 0) is 87.7 Å². The fourth-order valence-corrected chi connectivity index (χ4v) is 11.8. The van der Waals surface area contributed by atoms with Crippen LogP contribution in [0.15, 0.2) is 138 Å². The minimum Gasteiger partial charge on any atom is -0.497 e. The van der Waals surface area contributed by atoms with E-state index in [0.29, 0.717) is 40.2 Å². The van der Waals surface area contributed by atoms with Crippen molar-refractivity contribution in [2.24, 2.45) is 0 Å². The number of fused-ring (bicyclic) bond motifs is 1. The number of carbonyl (C=O) groups excluding carboxylic acids is 1. The Morgan fingerprint density at radius 3 is 2.04 bits per heavy atom. The number of ether oxygens (including phenoxy) is 7. The minimum absolute atomic E-state index is 0.00526. The molecular formula is C58H66N9O12P. The van der Waals surface area contributed by atoms with Crippen molar-refractivity contribution in [1.82, 2.24) is 33.7 Å². The molecule has 9 rings (SSSR count). The van der Waals surface area contributed by atoms with Gasteiger partial charge >= 0.3 is 5.69 Å². The molecule has 4 aromatic carbocycles. The highest BCUT2D eigenvalue weighted by atomic mass is 31.2. The third-order valence-corrected chi connectivity index (χ3v) is 16.1. The summed E-state index contributed by atoms with van der Waals surface area (Å²) in [5.74, 6) is 1.22. The van der Waals surface area contributed by atoms with E-state index >= 15 is 0 Å². The van der Waals surface area contributed by atoms with Crippen LogP contribution in [0.2, 0.25) is 0 Å². The number of nitriles is 1. The number of amides is 1. The monoisotopic (exact) mass is 1110 g/mol. The number of hydrogen-bond donors (Lipinski definition) is 2. The van der Waals surface area contributed by atoms with E-state index < -0.39 is 62.2 Å². The number of carbonyl (C=O) groups is 1. The lowest BCUT2D eigenvalue weighted by molar-refractivity contribution is -0.151. The molecule has 0 radical (unpaired) electrons. The van der Waals surface area contributed by atoms with Crippen molar-refractivity contribution in [3.63, 3.8) is 0 Å². The highest BCUT2D eigenvalue weighted by Gasteiger charge is 2.45. The molecular weight excluding hydrogens is 1050 g/mol. The molecule has 5 heterocycles. The maximum absolute atomic E-state index is 13.4. The van der Waals surface area contributed by atoms with Gasteiger partial charge in [0.05, 0.1) is 65.1 Å². The van der Waals surface area contributed by atoms with Gasteiger partial charge in [-0.2, -0.15) is 5.26 Å². The van der Waals surface area contributed by atoms with Gasteiger partial charge in [0, 0.05) is 42.2 Å². The number of nitrogens with zero attached hydrogens (tertiary/aromatic N) is 7. The zero-order chi connectivity index (χ0) is 56.3. The second kappa shape index (κ2) is 26.4. The summed E-state index contributed by atoms with van der Waals surface area (Å²) in [5, 5.41) is 12.3. The summed E-state index contributed by atoms with van der Waals surface area (Å²) < 4.78 is 63.5. The number of methoxy groups -OCH3 is 2. The summed E-state index contributed by atoms with van der Waals surface area (Å²) in [5.41, 5.74) is 1.68. The van der Waals surface area contributed by atoms with Crippen LogP contribution in [-0.4, -0.2) is 117 Å². The average Bonchev–Trinajstić information content (AvgIpc) is 4.23. The smallest absolute Gasteiger partial charge is 0.330 e. The van der Waals surface area contributed by atoms with Crippen LogP contribution in [0, 0.1) is 18.3 Å². The van der Waals surface area contributed by atoms with E-state index in [1.165, 1.54) is 17.1 Å². The quantitative estimate of drug-likeness (QED) is 0.0236. The average molecular weight is 1110 g/mol. The Bertz CT molecular complexity index is 3270. The molecule has 22 heteroatoms. The Kier molecular flexibility index (Phi) is 18.9. The number of rotatable bonds is 25. The molecule has 7 atom stereocenters. The fraction of sp³-hybridized carbons (Fsp3) is 0.397. The third kappa shape index (κ3) is 12.8. The van der Waals surface area contributed by atoms with Crippen LogP contribution >= 0.6 is 8.53 Å². The van der Waals surface area contributed by atoms with Gasteiger partial charge in [-0.3, -0.25) is 23.7 Å². The number of imidazole rings is 1. The molecule has 2 aliphatic rings. The van der Waals surface area contributed by atoms with Gasteiger partial charge in [-0.25, -0.2) is 24.4 Å². The lowest BCUT2D eigenvalue weighted by Crippen LogP contribution is -2.39. The van der Waals surface area contributed by atoms with Crippen LogP contribution in [0.25, 0.3) is 11.2 Å². The van der Waals surface area contributed by atoms with Crippen LogP contribution in [0.5, 0.6) is 11.5 Å². The molecule has 1 amide bonds. The first-order chi connectivity index (χ1) is 38.8. The molecule has 2 aliphatic heterocycles. The van der Waals surface area contributed by atoms with Crippen molar-refractivity contribution < 1.29 is 47.0 Å². The summed E-state index contributed by atoms with van der Waals surface area (Å²) in [7, 11) is 1.51. The van der Waals surface area contributed by atoms with Gasteiger partial charge in [-0.1, -0.05) is 72.8 Å². The Balaban J connectivity index is 0.991. The van der Waals surface area contributed by atoms with Gasteiger partial charge in [0.15, 0.2) is 17.0 Å². The highest BCUT2D eigenvalue weighted by molar-refractivity contribution is 7.44. The molecule has 1 unspecified atom stereocenters. The molecule has 0 bridgehead atoms. The van der Waals surface area contributed by atoms with Crippen molar-refractivity contribution in [3.8, 4) is 17.6 Å². The number of nitrogens with one attached hydrogen (secondary N) is 2. The molecule has 7 aromatic rings. The molecule has 420 valence electrons. The summed E-state index contributed by atoms with van der Waals surface area (Å²) in [4.78, 5) is 55.1. The van der Waals surface area contributed by atoms with Crippen molar-refractivity contribution >= 4 is 31.4 Å². The fourth-order valence-electron chi connectivity index (χ4n) is 10.0. The number of aromatic nitrogens is 6. The number of anilines is 1. The van der Waals surface area contributed by atoms with E-state index in [9.17, 15) is 19.6 Å². The standard InChI is InChI=1S/C58H66N9O12P/c1-37(2)67(38(3)4)80(76-28-14-27-59)79-47-30-51(66-35-62-52-53(60-34-61-54(52)66)63-56(69)40-15-10-8-11-16-40)77-48(47)32-73-36-74-46-29-50(65-31-39(5)55(68)64-57(65)70)78-49(46)33-75-58(41-17-12-9-13-18-41,42-19-23-44(71-6)24-20-42)43-21-25-45(72-7)26-22-43/h8-13,15-26,31,34-35,37-38,46-51H,14,28-30,32-33,36H2,1-7H3,(H,64,68,70)(H,60,61,63,69)/t46-,47-,48+,49+,50+,51+,80?/m0/s1. The van der Waals surface area contributed by atoms with Gasteiger partial charge in [0.2, 0.25) is 0 Å². The zero-order valence-corrected chi connectivity index (χ0v) is 46.6. The van der Waals surface area contributed by atoms with Gasteiger partial charge in [0.25, 0.3) is 20.0 Å². The first kappa shape index (κ1) is 57.5. The molecule has 0 aliphatic carbocycles. The summed E-state index contributed by atoms with van der Waals surface area (Å²) in [6, 6.07) is 36.2.